The molecule has 0 bridgehead atoms. The quantitative estimate of drug-likeness (QED) is 0.138. The lowest BCUT2D eigenvalue weighted by atomic mass is 9.82. The van der Waals surface area contributed by atoms with E-state index >= 15 is 0 Å². The Labute approximate surface area is 203 Å². The Balaban J connectivity index is 1.71. The molecule has 0 aliphatic rings. The molecular formula is C29H25FN2O3. The summed E-state index contributed by atoms with van der Waals surface area (Å²) < 4.78 is 13.9. The van der Waals surface area contributed by atoms with Crippen LogP contribution in [-0.4, -0.2) is 27.0 Å². The molecule has 1 unspecified atom stereocenters. The fraction of sp³-hybridized carbons (Fsp3) is 0.138. The van der Waals surface area contributed by atoms with Gasteiger partial charge in [0.1, 0.15) is 0 Å². The zero-order valence-electron chi connectivity index (χ0n) is 19.4. The number of oxime groups is 1. The maximum absolute atomic E-state index is 13.9. The van der Waals surface area contributed by atoms with Gasteiger partial charge >= 0.3 is 5.97 Å². The van der Waals surface area contributed by atoms with Crippen molar-refractivity contribution in [3.63, 3.8) is 0 Å². The van der Waals surface area contributed by atoms with Gasteiger partial charge < -0.3 is 10.3 Å². The van der Waals surface area contributed by atoms with Crippen LogP contribution in [0.1, 0.15) is 50.5 Å². The molecule has 6 heteroatoms. The Hall–Kier alpha value is -4.32. The van der Waals surface area contributed by atoms with Gasteiger partial charge in [0.25, 0.3) is 0 Å². The Morgan fingerprint density at radius 3 is 2.17 bits per heavy atom. The van der Waals surface area contributed by atoms with Gasteiger partial charge in [-0.2, -0.15) is 4.39 Å². The summed E-state index contributed by atoms with van der Waals surface area (Å²) >= 11 is 0. The Morgan fingerprint density at radius 1 is 0.943 bits per heavy atom. The third kappa shape index (κ3) is 5.27. The molecule has 4 aromatic rings. The molecule has 0 aliphatic carbocycles. The first-order valence-corrected chi connectivity index (χ1v) is 11.2. The van der Waals surface area contributed by atoms with Crippen LogP contribution in [0.4, 0.5) is 4.39 Å². The minimum absolute atomic E-state index is 0.138. The summed E-state index contributed by atoms with van der Waals surface area (Å²) in [6.45, 7) is 3.84. The number of carboxylic acids is 1. The summed E-state index contributed by atoms with van der Waals surface area (Å²) in [6.07, 6.45) is 1.79. The molecule has 1 atom stereocenters. The summed E-state index contributed by atoms with van der Waals surface area (Å²) in [5, 5.41) is 22.5. The van der Waals surface area contributed by atoms with Crippen LogP contribution in [0, 0.1) is 19.8 Å². The first-order valence-electron chi connectivity index (χ1n) is 11.2. The van der Waals surface area contributed by atoms with Crippen molar-refractivity contribution in [3.8, 4) is 11.1 Å². The largest absolute Gasteiger partial charge is 0.478 e. The SMILES string of the molecule is Cc1cnc(F)cc1/C(CC(c1ccc(-c2ccc(C(=O)O)cc2)cc1)c1ccccc1C)=N/O. The van der Waals surface area contributed by atoms with E-state index in [0.717, 1.165) is 33.4 Å². The normalized spacial score (nSPS) is 12.4. The molecule has 1 heterocycles. The van der Waals surface area contributed by atoms with Crippen molar-refractivity contribution in [2.75, 3.05) is 0 Å². The van der Waals surface area contributed by atoms with E-state index in [0.29, 0.717) is 17.7 Å². The highest BCUT2D eigenvalue weighted by molar-refractivity contribution is 6.02. The molecule has 35 heavy (non-hydrogen) atoms. The third-order valence-corrected chi connectivity index (χ3v) is 6.24. The smallest absolute Gasteiger partial charge is 0.335 e. The average Bonchev–Trinajstić information content (AvgIpc) is 2.87. The predicted octanol–water partition coefficient (Wildman–Crippen LogP) is 6.60. The number of rotatable bonds is 7. The number of pyridine rings is 1. The number of carbonyl (C=O) groups is 1. The summed E-state index contributed by atoms with van der Waals surface area (Å²) in [5.41, 5.74) is 6.93. The number of carboxylic acid groups (broad SMARTS) is 1. The zero-order valence-corrected chi connectivity index (χ0v) is 19.4. The Kier molecular flexibility index (Phi) is 7.01. The molecule has 0 spiro atoms. The van der Waals surface area contributed by atoms with Crippen molar-refractivity contribution in [1.82, 2.24) is 4.98 Å². The van der Waals surface area contributed by atoms with Crippen LogP contribution in [0.15, 0.2) is 90.2 Å². The van der Waals surface area contributed by atoms with E-state index in [1.54, 1.807) is 31.2 Å². The van der Waals surface area contributed by atoms with Crippen molar-refractivity contribution in [3.05, 3.63) is 124 Å². The topological polar surface area (TPSA) is 82.8 Å². The van der Waals surface area contributed by atoms with Gasteiger partial charge in [-0.25, -0.2) is 9.78 Å². The van der Waals surface area contributed by atoms with Gasteiger partial charge in [-0.05, 0) is 59.4 Å². The van der Waals surface area contributed by atoms with Crippen molar-refractivity contribution in [2.45, 2.75) is 26.2 Å². The number of hydrogen-bond donors (Lipinski definition) is 2. The number of aromatic carboxylic acids is 1. The molecule has 0 radical (unpaired) electrons. The summed E-state index contributed by atoms with van der Waals surface area (Å²) in [4.78, 5) is 14.8. The summed E-state index contributed by atoms with van der Waals surface area (Å²) in [6, 6.07) is 24.1. The van der Waals surface area contributed by atoms with Gasteiger partial charge in [0.2, 0.25) is 5.95 Å². The number of aromatic nitrogens is 1. The minimum Gasteiger partial charge on any atom is -0.478 e. The fourth-order valence-corrected chi connectivity index (χ4v) is 4.31. The predicted molar refractivity (Wildman–Crippen MR) is 134 cm³/mol. The molecule has 5 nitrogen and oxygen atoms in total. The van der Waals surface area contributed by atoms with Crippen molar-refractivity contribution < 1.29 is 19.5 Å². The number of hydrogen-bond acceptors (Lipinski definition) is 4. The van der Waals surface area contributed by atoms with Crippen LogP contribution in [0.2, 0.25) is 0 Å². The monoisotopic (exact) mass is 468 g/mol. The molecule has 0 saturated heterocycles. The van der Waals surface area contributed by atoms with Gasteiger partial charge in [0.05, 0.1) is 11.3 Å². The van der Waals surface area contributed by atoms with E-state index in [1.807, 2.05) is 55.5 Å². The molecule has 176 valence electrons. The summed E-state index contributed by atoms with van der Waals surface area (Å²) in [7, 11) is 0. The molecule has 4 rings (SSSR count). The van der Waals surface area contributed by atoms with Gasteiger partial charge in [-0.3, -0.25) is 0 Å². The second-order valence-electron chi connectivity index (χ2n) is 8.49. The molecule has 2 N–H and O–H groups in total. The molecule has 0 aliphatic heterocycles. The molecule has 0 amide bonds. The highest BCUT2D eigenvalue weighted by Gasteiger charge is 2.22. The van der Waals surface area contributed by atoms with E-state index in [-0.39, 0.29) is 11.5 Å². The van der Waals surface area contributed by atoms with Crippen LogP contribution in [0.3, 0.4) is 0 Å². The second kappa shape index (κ2) is 10.3. The Morgan fingerprint density at radius 2 is 1.57 bits per heavy atom. The van der Waals surface area contributed by atoms with Crippen molar-refractivity contribution in [1.29, 1.82) is 0 Å². The number of aryl methyl sites for hydroxylation is 2. The number of halogens is 1. The first kappa shape index (κ1) is 23.8. The van der Waals surface area contributed by atoms with Gasteiger partial charge in [-0.15, -0.1) is 0 Å². The lowest BCUT2D eigenvalue weighted by Gasteiger charge is -2.22. The van der Waals surface area contributed by atoms with Crippen LogP contribution in [0.5, 0.6) is 0 Å². The average molecular weight is 469 g/mol. The summed E-state index contributed by atoms with van der Waals surface area (Å²) in [5.74, 6) is -1.72. The fourth-order valence-electron chi connectivity index (χ4n) is 4.31. The minimum atomic E-state index is -0.960. The number of nitrogens with zero attached hydrogens (tertiary/aromatic N) is 2. The van der Waals surface area contributed by atoms with E-state index in [4.69, 9.17) is 5.11 Å². The van der Waals surface area contributed by atoms with E-state index in [2.05, 4.69) is 10.1 Å². The van der Waals surface area contributed by atoms with Gasteiger partial charge in [0, 0.05) is 30.2 Å². The Bertz CT molecular complexity index is 1380. The lowest BCUT2D eigenvalue weighted by molar-refractivity contribution is 0.0697. The highest BCUT2D eigenvalue weighted by Crippen LogP contribution is 2.33. The maximum Gasteiger partial charge on any atom is 0.335 e. The molecule has 0 saturated carbocycles. The van der Waals surface area contributed by atoms with Crippen molar-refractivity contribution in [2.24, 2.45) is 5.16 Å². The molecule has 3 aromatic carbocycles. The highest BCUT2D eigenvalue weighted by atomic mass is 19.1. The molecule has 1 aromatic heterocycles. The van der Waals surface area contributed by atoms with Crippen LogP contribution in [0.25, 0.3) is 11.1 Å². The van der Waals surface area contributed by atoms with Crippen LogP contribution >= 0.6 is 0 Å². The lowest BCUT2D eigenvalue weighted by Crippen LogP contribution is -2.13. The zero-order chi connectivity index (χ0) is 24.9. The third-order valence-electron chi connectivity index (χ3n) is 6.24. The standard InChI is InChI=1S/C29H25FN2O3/c1-18-5-3-4-6-24(18)26(15-27(32-35)25-16-28(30)31-17-19(25)2)22-11-7-20(8-12-22)21-9-13-23(14-10-21)29(33)34/h3-14,16-17,26,35H,15H2,1-2H3,(H,33,34)/b32-27+. The van der Waals surface area contributed by atoms with Crippen molar-refractivity contribution >= 4 is 11.7 Å². The molecular weight excluding hydrogens is 443 g/mol. The van der Waals surface area contributed by atoms with Gasteiger partial charge in [-0.1, -0.05) is 65.8 Å². The van der Waals surface area contributed by atoms with E-state index in [1.165, 1.54) is 12.3 Å². The second-order valence-corrected chi connectivity index (χ2v) is 8.49. The van der Waals surface area contributed by atoms with Crippen LogP contribution in [-0.2, 0) is 0 Å². The number of benzene rings is 3. The molecule has 0 fully saturated rings. The maximum atomic E-state index is 13.9. The van der Waals surface area contributed by atoms with Gasteiger partial charge in [0.15, 0.2) is 0 Å². The van der Waals surface area contributed by atoms with E-state index in [9.17, 15) is 14.4 Å². The van der Waals surface area contributed by atoms with Crippen LogP contribution < -0.4 is 0 Å². The van der Waals surface area contributed by atoms with E-state index < -0.39 is 11.9 Å². The first-order chi connectivity index (χ1) is 16.9.